The third kappa shape index (κ3) is 6.26. The number of hydrogen-bond acceptors (Lipinski definition) is 3. The Kier molecular flexibility index (Phi) is 6.52. The zero-order chi connectivity index (χ0) is 21.0. The molecule has 1 unspecified atom stereocenters. The summed E-state index contributed by atoms with van der Waals surface area (Å²) in [6.45, 7) is 7.11. The molecule has 2 aromatic rings. The first-order valence-corrected chi connectivity index (χ1v) is 9.92. The van der Waals surface area contributed by atoms with Crippen molar-refractivity contribution in [2.24, 2.45) is 0 Å². The standard InChI is InChI=1S/C23H28F2N2O2/c1-23(2,3)29-22(28)26-10-11-27-15-18-13-20(25)9-6-17(18)14-21(27)12-16-4-7-19(24)8-5-16/h4-9,13,21H,10-12,14-15H2,1-3H3,(H,26,28). The van der Waals surface area contributed by atoms with Crippen LogP contribution in [-0.4, -0.2) is 35.7 Å². The number of benzene rings is 2. The molecule has 29 heavy (non-hydrogen) atoms. The Labute approximate surface area is 170 Å². The molecule has 0 fully saturated rings. The van der Waals surface area contributed by atoms with Crippen LogP contribution in [0.5, 0.6) is 0 Å². The van der Waals surface area contributed by atoms with Gasteiger partial charge in [-0.2, -0.15) is 0 Å². The second-order valence-electron chi connectivity index (χ2n) is 8.50. The van der Waals surface area contributed by atoms with Gasteiger partial charge < -0.3 is 10.1 Å². The number of ether oxygens (including phenoxy) is 1. The lowest BCUT2D eigenvalue weighted by Gasteiger charge is -2.37. The second-order valence-corrected chi connectivity index (χ2v) is 8.50. The van der Waals surface area contributed by atoms with Crippen molar-refractivity contribution in [3.63, 3.8) is 0 Å². The Morgan fingerprint density at radius 2 is 1.79 bits per heavy atom. The highest BCUT2D eigenvalue weighted by Crippen LogP contribution is 2.26. The Morgan fingerprint density at radius 1 is 1.10 bits per heavy atom. The summed E-state index contributed by atoms with van der Waals surface area (Å²) in [6, 6.07) is 11.6. The van der Waals surface area contributed by atoms with Gasteiger partial charge in [-0.1, -0.05) is 18.2 Å². The molecule has 2 aromatic carbocycles. The van der Waals surface area contributed by atoms with Gasteiger partial charge in [-0.25, -0.2) is 13.6 Å². The number of alkyl carbamates (subject to hydrolysis) is 1. The van der Waals surface area contributed by atoms with Crippen LogP contribution in [0.2, 0.25) is 0 Å². The SMILES string of the molecule is CC(C)(C)OC(=O)NCCN1Cc2cc(F)ccc2CC1Cc1ccc(F)cc1. The van der Waals surface area contributed by atoms with E-state index in [1.165, 1.54) is 18.2 Å². The van der Waals surface area contributed by atoms with E-state index in [-0.39, 0.29) is 17.7 Å². The van der Waals surface area contributed by atoms with Crippen LogP contribution in [0.25, 0.3) is 0 Å². The largest absolute Gasteiger partial charge is 0.444 e. The fourth-order valence-electron chi connectivity index (χ4n) is 3.64. The second kappa shape index (κ2) is 8.91. The first-order valence-electron chi connectivity index (χ1n) is 9.92. The lowest BCUT2D eigenvalue weighted by atomic mass is 9.90. The van der Waals surface area contributed by atoms with Crippen LogP contribution in [0.15, 0.2) is 42.5 Å². The number of fused-ring (bicyclic) bond motifs is 1. The highest BCUT2D eigenvalue weighted by Gasteiger charge is 2.27. The van der Waals surface area contributed by atoms with Gasteiger partial charge in [-0.3, -0.25) is 4.90 Å². The molecule has 0 bridgehead atoms. The fourth-order valence-corrected chi connectivity index (χ4v) is 3.64. The van der Waals surface area contributed by atoms with Gasteiger partial charge in [0.25, 0.3) is 0 Å². The van der Waals surface area contributed by atoms with Crippen LogP contribution in [0.1, 0.15) is 37.5 Å². The molecule has 1 amide bonds. The molecular weight excluding hydrogens is 374 g/mol. The molecule has 0 spiro atoms. The molecule has 1 aliphatic heterocycles. The topological polar surface area (TPSA) is 41.6 Å². The lowest BCUT2D eigenvalue weighted by molar-refractivity contribution is 0.0515. The van der Waals surface area contributed by atoms with Crippen molar-refractivity contribution < 1.29 is 18.3 Å². The van der Waals surface area contributed by atoms with Crippen molar-refractivity contribution in [3.8, 4) is 0 Å². The summed E-state index contributed by atoms with van der Waals surface area (Å²) in [5.74, 6) is -0.496. The van der Waals surface area contributed by atoms with Crippen molar-refractivity contribution >= 4 is 6.09 Å². The molecule has 1 atom stereocenters. The monoisotopic (exact) mass is 402 g/mol. The highest BCUT2D eigenvalue weighted by molar-refractivity contribution is 5.67. The van der Waals surface area contributed by atoms with E-state index in [4.69, 9.17) is 4.74 Å². The van der Waals surface area contributed by atoms with Gasteiger partial charge in [-0.15, -0.1) is 0 Å². The van der Waals surface area contributed by atoms with Crippen LogP contribution >= 0.6 is 0 Å². The number of carbonyl (C=O) groups excluding carboxylic acids is 1. The van der Waals surface area contributed by atoms with Gasteiger partial charge in [0.2, 0.25) is 0 Å². The Hall–Kier alpha value is -2.47. The van der Waals surface area contributed by atoms with Gasteiger partial charge in [0, 0.05) is 25.7 Å². The lowest BCUT2D eigenvalue weighted by Crippen LogP contribution is -2.46. The number of nitrogens with one attached hydrogen (secondary N) is 1. The zero-order valence-electron chi connectivity index (χ0n) is 17.2. The first kappa shape index (κ1) is 21.2. The van der Waals surface area contributed by atoms with Crippen molar-refractivity contribution in [3.05, 3.63) is 70.8 Å². The molecule has 0 aliphatic carbocycles. The molecule has 1 heterocycles. The molecule has 0 aromatic heterocycles. The molecule has 1 N–H and O–H groups in total. The van der Waals surface area contributed by atoms with Crippen LogP contribution < -0.4 is 5.32 Å². The van der Waals surface area contributed by atoms with Crippen molar-refractivity contribution in [2.75, 3.05) is 13.1 Å². The smallest absolute Gasteiger partial charge is 0.407 e. The summed E-state index contributed by atoms with van der Waals surface area (Å²) in [7, 11) is 0. The van der Waals surface area contributed by atoms with Crippen molar-refractivity contribution in [2.45, 2.75) is 51.8 Å². The van der Waals surface area contributed by atoms with Gasteiger partial charge in [0.15, 0.2) is 0 Å². The third-order valence-corrected chi connectivity index (χ3v) is 4.97. The quantitative estimate of drug-likeness (QED) is 0.803. The predicted octanol–water partition coefficient (Wildman–Crippen LogP) is 4.46. The number of rotatable bonds is 5. The number of nitrogens with zero attached hydrogens (tertiary/aromatic N) is 1. The first-order chi connectivity index (χ1) is 13.7. The van der Waals surface area contributed by atoms with E-state index < -0.39 is 11.7 Å². The maximum absolute atomic E-state index is 13.7. The number of amides is 1. The average molecular weight is 402 g/mol. The molecule has 0 saturated carbocycles. The molecule has 3 rings (SSSR count). The van der Waals surface area contributed by atoms with Crippen LogP contribution in [0.4, 0.5) is 13.6 Å². The van der Waals surface area contributed by atoms with Crippen molar-refractivity contribution in [1.29, 1.82) is 0 Å². The molecule has 156 valence electrons. The predicted molar refractivity (Wildman–Crippen MR) is 109 cm³/mol. The maximum atomic E-state index is 13.7. The summed E-state index contributed by atoms with van der Waals surface area (Å²) in [6.07, 6.45) is 1.08. The third-order valence-electron chi connectivity index (χ3n) is 4.97. The van der Waals surface area contributed by atoms with E-state index >= 15 is 0 Å². The normalized spacial score (nSPS) is 16.9. The summed E-state index contributed by atoms with van der Waals surface area (Å²) < 4.78 is 32.2. The molecule has 6 heteroatoms. The summed E-state index contributed by atoms with van der Waals surface area (Å²) >= 11 is 0. The number of carbonyl (C=O) groups is 1. The van der Waals surface area contributed by atoms with E-state index in [1.54, 1.807) is 18.2 Å². The van der Waals surface area contributed by atoms with E-state index in [9.17, 15) is 13.6 Å². The molecule has 0 saturated heterocycles. The molecular formula is C23H28F2N2O2. The Balaban J connectivity index is 1.68. The number of hydrogen-bond donors (Lipinski definition) is 1. The summed E-state index contributed by atoms with van der Waals surface area (Å²) in [4.78, 5) is 14.1. The van der Waals surface area contributed by atoms with Crippen LogP contribution in [-0.2, 0) is 24.1 Å². The molecule has 4 nitrogen and oxygen atoms in total. The minimum Gasteiger partial charge on any atom is -0.444 e. The maximum Gasteiger partial charge on any atom is 0.407 e. The summed E-state index contributed by atoms with van der Waals surface area (Å²) in [5.41, 5.74) is 2.61. The minimum absolute atomic E-state index is 0.179. The van der Waals surface area contributed by atoms with Gasteiger partial charge in [-0.05, 0) is 74.6 Å². The zero-order valence-corrected chi connectivity index (χ0v) is 17.2. The minimum atomic E-state index is -0.545. The van der Waals surface area contributed by atoms with E-state index in [0.29, 0.717) is 19.6 Å². The molecule has 0 radical (unpaired) electrons. The summed E-state index contributed by atoms with van der Waals surface area (Å²) in [5, 5.41) is 2.79. The van der Waals surface area contributed by atoms with E-state index in [2.05, 4.69) is 10.2 Å². The fraction of sp³-hybridized carbons (Fsp3) is 0.435. The Morgan fingerprint density at radius 3 is 2.48 bits per heavy atom. The van der Waals surface area contributed by atoms with Crippen LogP contribution in [0.3, 0.4) is 0 Å². The van der Waals surface area contributed by atoms with Gasteiger partial charge in [0.1, 0.15) is 17.2 Å². The van der Waals surface area contributed by atoms with Crippen molar-refractivity contribution in [1.82, 2.24) is 10.2 Å². The highest BCUT2D eigenvalue weighted by atomic mass is 19.1. The van der Waals surface area contributed by atoms with E-state index in [1.807, 2.05) is 26.8 Å². The van der Waals surface area contributed by atoms with Crippen LogP contribution in [0, 0.1) is 11.6 Å². The van der Waals surface area contributed by atoms with Gasteiger partial charge >= 0.3 is 6.09 Å². The Bertz CT molecular complexity index is 847. The average Bonchev–Trinajstić information content (AvgIpc) is 2.62. The molecule has 1 aliphatic rings. The van der Waals surface area contributed by atoms with Gasteiger partial charge in [0.05, 0.1) is 0 Å². The number of halogens is 2. The van der Waals surface area contributed by atoms with E-state index in [0.717, 1.165) is 29.5 Å².